The van der Waals surface area contributed by atoms with Crippen molar-refractivity contribution in [2.24, 2.45) is 11.8 Å². The van der Waals surface area contributed by atoms with E-state index in [2.05, 4.69) is 0 Å². The summed E-state index contributed by atoms with van der Waals surface area (Å²) in [7, 11) is 0. The summed E-state index contributed by atoms with van der Waals surface area (Å²) in [6, 6.07) is 0. The van der Waals surface area contributed by atoms with Crippen molar-refractivity contribution in [1.29, 1.82) is 0 Å². The van der Waals surface area contributed by atoms with E-state index in [0.29, 0.717) is 29.6 Å². The predicted octanol–water partition coefficient (Wildman–Crippen LogP) is 3.27. The molecule has 1 saturated carbocycles. The summed E-state index contributed by atoms with van der Waals surface area (Å²) in [5, 5.41) is 11.3. The highest BCUT2D eigenvalue weighted by molar-refractivity contribution is 6.00. The van der Waals surface area contributed by atoms with Gasteiger partial charge in [0, 0.05) is 24.8 Å². The second kappa shape index (κ2) is 7.82. The standard InChI is InChI=1S/C22H32O6/c1-8-12(2)20(25)27-19-9-13(3)22(26)11-18(24)14(4)16(22)10-17(19)21(6,7)28-15(5)23/h8,13,17,19,26H,9-11H2,1-7H3/b12-8-/t13?,17?,19?,22-/m1/s1. The Balaban J connectivity index is 2.51. The third-order valence-corrected chi connectivity index (χ3v) is 6.41. The maximum Gasteiger partial charge on any atom is 0.333 e. The highest BCUT2D eigenvalue weighted by atomic mass is 16.6. The smallest absolute Gasteiger partial charge is 0.333 e. The summed E-state index contributed by atoms with van der Waals surface area (Å²) in [4.78, 5) is 36.5. The van der Waals surface area contributed by atoms with Gasteiger partial charge >= 0.3 is 11.9 Å². The number of carbonyl (C=O) groups is 3. The molecule has 0 aliphatic heterocycles. The van der Waals surface area contributed by atoms with Crippen LogP contribution in [-0.2, 0) is 23.9 Å². The Labute approximate surface area is 167 Å². The molecule has 0 radical (unpaired) electrons. The molecule has 4 atom stereocenters. The van der Waals surface area contributed by atoms with Crippen molar-refractivity contribution < 1.29 is 29.0 Å². The van der Waals surface area contributed by atoms with Gasteiger partial charge in [-0.1, -0.05) is 13.0 Å². The fourth-order valence-corrected chi connectivity index (χ4v) is 4.46. The molecule has 0 spiro atoms. The number of aliphatic hydroxyl groups is 1. The van der Waals surface area contributed by atoms with Gasteiger partial charge in [0.15, 0.2) is 5.78 Å². The number of ketones is 1. The van der Waals surface area contributed by atoms with E-state index >= 15 is 0 Å². The zero-order chi connectivity index (χ0) is 21.4. The molecule has 3 unspecified atom stereocenters. The molecule has 6 heteroatoms. The van der Waals surface area contributed by atoms with Crippen LogP contribution in [0, 0.1) is 11.8 Å². The molecule has 0 aromatic heterocycles. The van der Waals surface area contributed by atoms with Gasteiger partial charge in [-0.15, -0.1) is 0 Å². The largest absolute Gasteiger partial charge is 0.459 e. The van der Waals surface area contributed by atoms with Crippen molar-refractivity contribution in [3.63, 3.8) is 0 Å². The number of fused-ring (bicyclic) bond motifs is 1. The predicted molar refractivity (Wildman–Crippen MR) is 104 cm³/mol. The topological polar surface area (TPSA) is 89.9 Å². The third-order valence-electron chi connectivity index (χ3n) is 6.41. The molecule has 0 aromatic carbocycles. The van der Waals surface area contributed by atoms with Gasteiger partial charge in [0.2, 0.25) is 0 Å². The zero-order valence-corrected chi connectivity index (χ0v) is 17.9. The Hall–Kier alpha value is -1.95. The van der Waals surface area contributed by atoms with E-state index in [1.54, 1.807) is 40.7 Å². The van der Waals surface area contributed by atoms with E-state index in [-0.39, 0.29) is 18.1 Å². The summed E-state index contributed by atoms with van der Waals surface area (Å²) in [6.07, 6.45) is 1.87. The highest BCUT2D eigenvalue weighted by Crippen LogP contribution is 2.50. The van der Waals surface area contributed by atoms with Crippen LogP contribution in [0.5, 0.6) is 0 Å². The van der Waals surface area contributed by atoms with Crippen molar-refractivity contribution in [3.8, 4) is 0 Å². The van der Waals surface area contributed by atoms with E-state index in [1.807, 2.05) is 6.92 Å². The molecule has 2 aliphatic rings. The van der Waals surface area contributed by atoms with E-state index in [9.17, 15) is 19.5 Å². The van der Waals surface area contributed by atoms with Gasteiger partial charge in [-0.3, -0.25) is 9.59 Å². The van der Waals surface area contributed by atoms with Crippen molar-refractivity contribution in [3.05, 3.63) is 22.8 Å². The molecule has 2 aliphatic carbocycles. The van der Waals surface area contributed by atoms with Crippen molar-refractivity contribution in [2.75, 3.05) is 0 Å². The zero-order valence-electron chi connectivity index (χ0n) is 17.9. The Morgan fingerprint density at radius 3 is 2.43 bits per heavy atom. The Bertz CT molecular complexity index is 744. The third kappa shape index (κ3) is 4.07. The molecular formula is C22H32O6. The van der Waals surface area contributed by atoms with Crippen LogP contribution >= 0.6 is 0 Å². The second-order valence-electron chi connectivity index (χ2n) is 8.69. The Morgan fingerprint density at radius 2 is 1.89 bits per heavy atom. The van der Waals surface area contributed by atoms with Crippen LogP contribution in [0.25, 0.3) is 0 Å². The lowest BCUT2D eigenvalue weighted by Crippen LogP contribution is -2.44. The number of allylic oxidation sites excluding steroid dienone is 2. The number of carbonyl (C=O) groups excluding carboxylic acids is 3. The summed E-state index contributed by atoms with van der Waals surface area (Å²) in [5.41, 5.74) is -0.455. The van der Waals surface area contributed by atoms with Gasteiger partial charge in [-0.25, -0.2) is 4.79 Å². The molecule has 28 heavy (non-hydrogen) atoms. The maximum absolute atomic E-state index is 12.5. The minimum atomic E-state index is -1.25. The number of Topliss-reactive ketones (excluding diaryl/α,β-unsaturated/α-hetero) is 1. The molecular weight excluding hydrogens is 360 g/mol. The fraction of sp³-hybridized carbons (Fsp3) is 0.682. The van der Waals surface area contributed by atoms with Crippen LogP contribution in [0.1, 0.15) is 67.7 Å². The average Bonchev–Trinajstić information content (AvgIpc) is 2.73. The first-order chi connectivity index (χ1) is 12.8. The molecule has 1 fully saturated rings. The fourth-order valence-electron chi connectivity index (χ4n) is 4.46. The molecule has 1 N–H and O–H groups in total. The van der Waals surface area contributed by atoms with Gasteiger partial charge in [0.05, 0.1) is 5.60 Å². The SMILES string of the molecule is C/C=C(/C)C(=O)OC1CC(C)[C@]2(O)CC(=O)C(C)=C2CC1C(C)(C)OC(C)=O. The normalized spacial score (nSPS) is 31.4. The Morgan fingerprint density at radius 1 is 1.29 bits per heavy atom. The van der Waals surface area contributed by atoms with Crippen LogP contribution < -0.4 is 0 Å². The van der Waals surface area contributed by atoms with Gasteiger partial charge in [-0.2, -0.15) is 0 Å². The molecule has 0 heterocycles. The summed E-state index contributed by atoms with van der Waals surface area (Å²) >= 11 is 0. The molecule has 0 bridgehead atoms. The van der Waals surface area contributed by atoms with E-state index in [0.717, 1.165) is 0 Å². The summed E-state index contributed by atoms with van der Waals surface area (Å²) in [5.74, 6) is -1.60. The lowest BCUT2D eigenvalue weighted by molar-refractivity contribution is -0.170. The summed E-state index contributed by atoms with van der Waals surface area (Å²) < 4.78 is 11.4. The first-order valence-electron chi connectivity index (χ1n) is 9.82. The van der Waals surface area contributed by atoms with Gasteiger partial charge in [-0.05, 0) is 64.5 Å². The van der Waals surface area contributed by atoms with E-state index in [1.165, 1.54) is 6.92 Å². The molecule has 0 amide bonds. The van der Waals surface area contributed by atoms with Gasteiger partial charge < -0.3 is 14.6 Å². The van der Waals surface area contributed by atoms with Crippen molar-refractivity contribution >= 4 is 17.7 Å². The molecule has 0 aromatic rings. The van der Waals surface area contributed by atoms with Crippen molar-refractivity contribution in [1.82, 2.24) is 0 Å². The van der Waals surface area contributed by atoms with Crippen molar-refractivity contribution in [2.45, 2.75) is 85.0 Å². The van der Waals surface area contributed by atoms with Crippen LogP contribution in [0.2, 0.25) is 0 Å². The van der Waals surface area contributed by atoms with E-state index in [4.69, 9.17) is 9.47 Å². The van der Waals surface area contributed by atoms with Gasteiger partial charge in [0.25, 0.3) is 0 Å². The van der Waals surface area contributed by atoms with Gasteiger partial charge in [0.1, 0.15) is 11.7 Å². The molecule has 6 nitrogen and oxygen atoms in total. The van der Waals surface area contributed by atoms with E-state index < -0.39 is 35.2 Å². The number of hydrogen-bond donors (Lipinski definition) is 1. The quantitative estimate of drug-likeness (QED) is 0.583. The lowest BCUT2D eigenvalue weighted by atomic mass is 9.80. The van der Waals surface area contributed by atoms with Crippen LogP contribution in [0.3, 0.4) is 0 Å². The number of rotatable bonds is 4. The summed E-state index contributed by atoms with van der Waals surface area (Å²) in [6.45, 7) is 12.0. The molecule has 156 valence electrons. The lowest BCUT2D eigenvalue weighted by Gasteiger charge is -2.38. The number of ether oxygens (including phenoxy) is 2. The minimum Gasteiger partial charge on any atom is -0.459 e. The highest BCUT2D eigenvalue weighted by Gasteiger charge is 2.54. The average molecular weight is 392 g/mol. The Kier molecular flexibility index (Phi) is 6.24. The van der Waals surface area contributed by atoms with Crippen LogP contribution in [0.15, 0.2) is 22.8 Å². The minimum absolute atomic E-state index is 0.0462. The second-order valence-corrected chi connectivity index (χ2v) is 8.69. The first kappa shape index (κ1) is 22.3. The molecule has 2 rings (SSSR count). The number of esters is 2. The van der Waals surface area contributed by atoms with Crippen LogP contribution in [-0.4, -0.2) is 40.1 Å². The maximum atomic E-state index is 12.5. The molecule has 0 saturated heterocycles. The monoisotopic (exact) mass is 392 g/mol. The van der Waals surface area contributed by atoms with Crippen LogP contribution in [0.4, 0.5) is 0 Å². The number of hydrogen-bond acceptors (Lipinski definition) is 6. The first-order valence-corrected chi connectivity index (χ1v) is 9.82.